The molecule has 4 saturated heterocycles. The molecule has 0 aromatic heterocycles. The number of aliphatic hydroxyl groups is 12. The van der Waals surface area contributed by atoms with Gasteiger partial charge in [-0.05, 0) is 94.8 Å². The largest absolute Gasteiger partial charge is 0.431 e. The molecule has 74 heavy (non-hydrogen) atoms. The molecule has 6 fully saturated rings. The minimum Gasteiger partial charge on any atom is -0.431 e. The number of ether oxygens (including phenoxy) is 9. The molecule has 0 amide bonds. The third kappa shape index (κ3) is 11.1. The Labute approximate surface area is 429 Å². The maximum atomic E-state index is 13.5. The highest BCUT2D eigenvalue weighted by atomic mass is 16.8. The van der Waals surface area contributed by atoms with Crippen LogP contribution in [0, 0.1) is 34.5 Å². The highest BCUT2D eigenvalue weighted by Gasteiger charge is 2.61. The molecule has 23 nitrogen and oxygen atoms in total. The van der Waals surface area contributed by atoms with Crippen molar-refractivity contribution in [3.05, 3.63) is 23.0 Å². The van der Waals surface area contributed by atoms with Crippen molar-refractivity contribution in [1.82, 2.24) is 0 Å². The number of fused-ring (bicyclic) bond motifs is 5. The van der Waals surface area contributed by atoms with Crippen LogP contribution in [0.1, 0.15) is 99.3 Å². The summed E-state index contributed by atoms with van der Waals surface area (Å²) in [6, 6.07) is 0. The SMILES string of the molecule is CC(=O)C1=C(OC(=O)CCC(C)CO[C@@H]2O[C@H](CO)[C@@H](O)[C@H](O)[C@H]2O)C[C@H]2[C@@H]3CC=C4C[C@@H](O[C@@H]5O[C@H](CO)[C@@H](O[C@@H]6O[C@@H](C)[C@H](O)[C@@H](O)[C@H]6O)[C@H](O)[C@H]5O[C@@H]5O[C@@H](C)[C@H](O)[C@@H](O)[C@H]5O)CC[C@]4(C)[C@H]3CC[C@]12C. The molecule has 0 aromatic rings. The summed E-state index contributed by atoms with van der Waals surface area (Å²) >= 11 is 0. The minimum absolute atomic E-state index is 0.00870. The molecule has 8 aliphatic rings. The third-order valence-corrected chi connectivity index (χ3v) is 17.8. The Morgan fingerprint density at radius 3 is 1.82 bits per heavy atom. The number of allylic oxidation sites excluding steroid dienone is 3. The van der Waals surface area contributed by atoms with Crippen LogP contribution in [0.15, 0.2) is 23.0 Å². The van der Waals surface area contributed by atoms with Crippen LogP contribution in [-0.2, 0) is 52.2 Å². The van der Waals surface area contributed by atoms with Gasteiger partial charge in [-0.3, -0.25) is 9.59 Å². The van der Waals surface area contributed by atoms with E-state index in [9.17, 15) is 70.9 Å². The monoisotopic (exact) mass is 1060 g/mol. The fourth-order valence-corrected chi connectivity index (χ4v) is 13.4. The molecule has 1 unspecified atom stereocenters. The van der Waals surface area contributed by atoms with E-state index in [0.29, 0.717) is 56.3 Å². The molecule has 27 atom stereocenters. The van der Waals surface area contributed by atoms with Gasteiger partial charge in [0.25, 0.3) is 0 Å². The van der Waals surface area contributed by atoms with E-state index in [0.717, 1.165) is 12.0 Å². The zero-order valence-corrected chi connectivity index (χ0v) is 42.9. The van der Waals surface area contributed by atoms with Gasteiger partial charge in [-0.25, -0.2) is 0 Å². The van der Waals surface area contributed by atoms with Gasteiger partial charge in [0.05, 0.1) is 38.1 Å². The van der Waals surface area contributed by atoms with E-state index in [4.69, 9.17) is 42.6 Å². The van der Waals surface area contributed by atoms with Crippen LogP contribution >= 0.6 is 0 Å². The number of ketones is 1. The van der Waals surface area contributed by atoms with Crippen molar-refractivity contribution in [3.8, 4) is 0 Å². The normalized spacial score (nSPS) is 49.0. The molecule has 4 heterocycles. The van der Waals surface area contributed by atoms with Crippen molar-refractivity contribution in [2.75, 3.05) is 19.8 Å². The Balaban J connectivity index is 0.926. The van der Waals surface area contributed by atoms with Gasteiger partial charge in [-0.1, -0.05) is 32.4 Å². The molecule has 2 saturated carbocycles. The zero-order valence-electron chi connectivity index (χ0n) is 42.9. The van der Waals surface area contributed by atoms with Gasteiger partial charge in [0, 0.05) is 23.8 Å². The number of hydrogen-bond acceptors (Lipinski definition) is 23. The zero-order chi connectivity index (χ0) is 53.9. The summed E-state index contributed by atoms with van der Waals surface area (Å²) in [5, 5.41) is 126. The quantitative estimate of drug-likeness (QED) is 0.0591. The highest BCUT2D eigenvalue weighted by molar-refractivity contribution is 5.96. The lowest BCUT2D eigenvalue weighted by Crippen LogP contribution is -2.66. The molecule has 4 aliphatic heterocycles. The fraction of sp³-hybridized carbons (Fsp3) is 0.882. The van der Waals surface area contributed by atoms with Crippen LogP contribution in [0.3, 0.4) is 0 Å². The average molecular weight is 1060 g/mol. The summed E-state index contributed by atoms with van der Waals surface area (Å²) in [7, 11) is 0. The minimum atomic E-state index is -1.78. The molecule has 0 bridgehead atoms. The number of esters is 1. The smallest absolute Gasteiger partial charge is 0.310 e. The maximum absolute atomic E-state index is 13.5. The van der Waals surface area contributed by atoms with Crippen LogP contribution in [0.5, 0.6) is 0 Å². The van der Waals surface area contributed by atoms with E-state index in [-0.39, 0.29) is 47.9 Å². The van der Waals surface area contributed by atoms with Crippen LogP contribution in [0.2, 0.25) is 0 Å². The predicted octanol–water partition coefficient (Wildman–Crippen LogP) is -1.93. The Kier molecular flexibility index (Phi) is 18.2. The Hall–Kier alpha value is -2.18. The first-order valence-electron chi connectivity index (χ1n) is 26.3. The number of aliphatic hydroxyl groups excluding tert-OH is 12. The summed E-state index contributed by atoms with van der Waals surface area (Å²) in [5.41, 5.74) is 0.909. The molecule has 0 aromatic carbocycles. The molecule has 422 valence electrons. The lowest BCUT2D eigenvalue weighted by Gasteiger charge is -2.57. The maximum Gasteiger partial charge on any atom is 0.310 e. The van der Waals surface area contributed by atoms with Crippen molar-refractivity contribution >= 4 is 11.8 Å². The Bertz CT molecular complexity index is 2020. The molecule has 0 spiro atoms. The molecular formula is C51H80O23. The fourth-order valence-electron chi connectivity index (χ4n) is 13.4. The Morgan fingerprint density at radius 1 is 0.649 bits per heavy atom. The average Bonchev–Trinajstić information content (AvgIpc) is 3.67. The van der Waals surface area contributed by atoms with E-state index in [1.165, 1.54) is 20.8 Å². The first-order valence-corrected chi connectivity index (χ1v) is 26.3. The standard InChI is InChI=1S/C51H80O23/c1-20(19-66-46-40(62)39(61)36(58)30(17-52)71-46)7-10-32(55)70-29-16-28-26-9-8-24-15-25(11-13-50(24,5)27(26)12-14-51(28,6)33(29)21(2)54)69-49-45(74-48-42(64)38(60)35(57)23(4)68-48)43(65)44(31(18-53)72-49)73-47-41(63)37(59)34(56)22(3)67-47/h8,20,22-23,25-28,30-31,34-49,52-53,56-65H,7,9-19H2,1-6H3/t20?,22-,23-,25-,26+,27-,28-,30+,31+,34-,35-,36+,37+,38+,39-,40+,41+,42+,43-,44+,45+,46+,47-,48-,49+,50-,51-/m0/s1. The summed E-state index contributed by atoms with van der Waals surface area (Å²) in [4.78, 5) is 26.9. The molecule has 0 radical (unpaired) electrons. The van der Waals surface area contributed by atoms with Gasteiger partial charge in [-0.2, -0.15) is 0 Å². The summed E-state index contributed by atoms with van der Waals surface area (Å²) in [5.74, 6) is -0.0894. The second kappa shape index (κ2) is 23.3. The number of carbonyl (C=O) groups excluding carboxylic acids is 2. The molecule has 12 N–H and O–H groups in total. The van der Waals surface area contributed by atoms with Gasteiger partial charge in [0.15, 0.2) is 30.9 Å². The molecule has 23 heteroatoms. The highest BCUT2D eigenvalue weighted by Crippen LogP contribution is 2.66. The van der Waals surface area contributed by atoms with Crippen LogP contribution in [0.25, 0.3) is 0 Å². The van der Waals surface area contributed by atoms with Crippen molar-refractivity contribution in [1.29, 1.82) is 0 Å². The van der Waals surface area contributed by atoms with Crippen LogP contribution in [0.4, 0.5) is 0 Å². The van der Waals surface area contributed by atoms with Crippen molar-refractivity contribution in [2.45, 2.75) is 228 Å². The van der Waals surface area contributed by atoms with Gasteiger partial charge in [0.2, 0.25) is 0 Å². The van der Waals surface area contributed by atoms with Crippen molar-refractivity contribution in [2.24, 2.45) is 34.5 Å². The van der Waals surface area contributed by atoms with Crippen LogP contribution in [-0.4, -0.2) is 222 Å². The van der Waals surface area contributed by atoms with Gasteiger partial charge in [-0.15, -0.1) is 0 Å². The first-order chi connectivity index (χ1) is 34.9. The predicted molar refractivity (Wildman–Crippen MR) is 250 cm³/mol. The van der Waals surface area contributed by atoms with E-state index in [1.54, 1.807) is 0 Å². The van der Waals surface area contributed by atoms with E-state index >= 15 is 0 Å². The van der Waals surface area contributed by atoms with Crippen molar-refractivity contribution < 1.29 is 113 Å². The Morgan fingerprint density at radius 2 is 1.22 bits per heavy atom. The van der Waals surface area contributed by atoms with Crippen molar-refractivity contribution in [3.63, 3.8) is 0 Å². The number of Topliss-reactive ketones (excluding diaryl/α,β-unsaturated/α-hetero) is 1. The van der Waals surface area contributed by atoms with Gasteiger partial charge < -0.3 is 104 Å². The summed E-state index contributed by atoms with van der Waals surface area (Å²) < 4.78 is 53.6. The van der Waals surface area contributed by atoms with Crippen LogP contribution < -0.4 is 0 Å². The topological polar surface area (TPSA) is 360 Å². The number of rotatable bonds is 16. The number of hydrogen-bond donors (Lipinski definition) is 12. The third-order valence-electron chi connectivity index (χ3n) is 17.8. The number of carbonyl (C=O) groups is 2. The summed E-state index contributed by atoms with van der Waals surface area (Å²) in [6.45, 7) is 9.34. The molecular weight excluding hydrogens is 981 g/mol. The first kappa shape index (κ1) is 58.0. The van der Waals surface area contributed by atoms with E-state index in [1.807, 2.05) is 6.92 Å². The van der Waals surface area contributed by atoms with Gasteiger partial charge in [0.1, 0.15) is 91.2 Å². The van der Waals surface area contributed by atoms with Gasteiger partial charge >= 0.3 is 5.97 Å². The second-order valence-electron chi connectivity index (χ2n) is 22.7. The lowest BCUT2D eigenvalue weighted by atomic mass is 9.47. The summed E-state index contributed by atoms with van der Waals surface area (Å²) in [6.07, 6.45) is -23.2. The second-order valence-corrected chi connectivity index (χ2v) is 22.7. The van der Waals surface area contributed by atoms with E-state index in [2.05, 4.69) is 19.9 Å². The molecule has 8 rings (SSSR count). The molecule has 4 aliphatic carbocycles. The lowest BCUT2D eigenvalue weighted by molar-refractivity contribution is -0.388. The van der Waals surface area contributed by atoms with E-state index < -0.39 is 154 Å².